The van der Waals surface area contributed by atoms with Gasteiger partial charge in [0.1, 0.15) is 0 Å². The van der Waals surface area contributed by atoms with Crippen molar-refractivity contribution in [2.75, 3.05) is 33.9 Å². The van der Waals surface area contributed by atoms with Gasteiger partial charge in [-0.05, 0) is 0 Å². The lowest BCUT2D eigenvalue weighted by atomic mass is 10.3. The lowest BCUT2D eigenvalue weighted by molar-refractivity contribution is -0.120. The normalized spacial score (nSPS) is 11.4. The van der Waals surface area contributed by atoms with E-state index in [4.69, 9.17) is 0 Å². The molecule has 136 valence electrons. The van der Waals surface area contributed by atoms with E-state index in [-0.39, 0.29) is 13.2 Å². The van der Waals surface area contributed by atoms with Crippen LogP contribution in [0.4, 0.5) is 17.6 Å². The van der Waals surface area contributed by atoms with Crippen LogP contribution in [0.3, 0.4) is 0 Å². The van der Waals surface area contributed by atoms with E-state index < -0.39 is 56.4 Å². The number of ether oxygens (including phenoxy) is 2. The van der Waals surface area contributed by atoms with Crippen molar-refractivity contribution in [3.05, 3.63) is 23.3 Å². The molecular weight excluding hydrogens is 360 g/mol. The average molecular weight is 374 g/mol. The summed E-state index contributed by atoms with van der Waals surface area (Å²) >= 11 is 0. The zero-order valence-corrected chi connectivity index (χ0v) is 13.4. The summed E-state index contributed by atoms with van der Waals surface area (Å²) in [7, 11) is -2.93. The third-order valence-corrected chi connectivity index (χ3v) is 4.13. The number of carbonyl (C=O) groups is 1. The summed E-state index contributed by atoms with van der Waals surface area (Å²) in [6, 6.07) is 0. The number of rotatable bonds is 8. The predicted octanol–water partition coefficient (Wildman–Crippen LogP) is 0.292. The minimum atomic E-state index is -5.04. The topological polar surface area (TPSA) is 93.7 Å². The van der Waals surface area contributed by atoms with Crippen LogP contribution in [0.1, 0.15) is 0 Å². The molecule has 0 aliphatic rings. The zero-order valence-electron chi connectivity index (χ0n) is 12.6. The quantitative estimate of drug-likeness (QED) is 0.388. The Labute approximate surface area is 135 Å². The Morgan fingerprint density at radius 2 is 1.58 bits per heavy atom. The number of sulfonamides is 1. The Bertz CT molecular complexity index is 698. The van der Waals surface area contributed by atoms with E-state index in [9.17, 15) is 30.8 Å². The van der Waals surface area contributed by atoms with Crippen LogP contribution in [-0.2, 0) is 19.6 Å². The number of nitrogens with one attached hydrogen (secondary N) is 2. The Balaban J connectivity index is 3.06. The van der Waals surface area contributed by atoms with Crippen molar-refractivity contribution in [3.63, 3.8) is 0 Å². The van der Waals surface area contributed by atoms with Crippen LogP contribution in [0.25, 0.3) is 0 Å². The first-order valence-electron chi connectivity index (χ1n) is 6.32. The van der Waals surface area contributed by atoms with E-state index in [1.54, 1.807) is 4.72 Å². The molecule has 1 amide bonds. The number of amides is 1. The maximum Gasteiger partial charge on any atom is 0.247 e. The van der Waals surface area contributed by atoms with Gasteiger partial charge >= 0.3 is 0 Å². The highest BCUT2D eigenvalue weighted by Gasteiger charge is 2.33. The number of carbonyl (C=O) groups excluding carboxylic acids is 1. The molecule has 0 heterocycles. The van der Waals surface area contributed by atoms with Crippen molar-refractivity contribution in [1.82, 2.24) is 10.0 Å². The molecule has 0 unspecified atom stereocenters. The van der Waals surface area contributed by atoms with Gasteiger partial charge in [-0.3, -0.25) is 4.79 Å². The Kier molecular flexibility index (Phi) is 6.93. The average Bonchev–Trinajstić information content (AvgIpc) is 2.52. The molecule has 0 saturated carbocycles. The second-order valence-electron chi connectivity index (χ2n) is 4.29. The van der Waals surface area contributed by atoms with Crippen LogP contribution >= 0.6 is 0 Å². The smallest absolute Gasteiger partial charge is 0.247 e. The van der Waals surface area contributed by atoms with Crippen LogP contribution in [0.5, 0.6) is 5.75 Å². The summed E-state index contributed by atoms with van der Waals surface area (Å²) in [6.45, 7) is -0.692. The number of benzene rings is 1. The van der Waals surface area contributed by atoms with Gasteiger partial charge < -0.3 is 14.8 Å². The summed E-state index contributed by atoms with van der Waals surface area (Å²) in [5.74, 6) is -10.6. The first-order valence-corrected chi connectivity index (χ1v) is 7.80. The van der Waals surface area contributed by atoms with E-state index in [0.29, 0.717) is 0 Å². The van der Waals surface area contributed by atoms with Gasteiger partial charge in [-0.25, -0.2) is 21.9 Å². The fourth-order valence-corrected chi connectivity index (χ4v) is 2.71. The molecule has 0 aliphatic heterocycles. The van der Waals surface area contributed by atoms with E-state index >= 15 is 0 Å². The van der Waals surface area contributed by atoms with Crippen molar-refractivity contribution >= 4 is 15.9 Å². The fraction of sp³-hybridized carbons (Fsp3) is 0.417. The van der Waals surface area contributed by atoms with Crippen LogP contribution in [-0.4, -0.2) is 48.2 Å². The van der Waals surface area contributed by atoms with E-state index in [0.717, 1.165) is 7.11 Å². The standard InChI is InChI=1S/C12H14F4N2O5S/c1-22-4-3-17-6(19)5-18-24(20,21)12-9(15)7(13)11(23-2)8(14)10(12)16/h18H,3-5H2,1-2H3,(H,17,19). The van der Waals surface area contributed by atoms with Crippen molar-refractivity contribution in [1.29, 1.82) is 0 Å². The second-order valence-corrected chi connectivity index (χ2v) is 5.99. The Morgan fingerprint density at radius 3 is 2.04 bits per heavy atom. The summed E-state index contributed by atoms with van der Waals surface area (Å²) < 4.78 is 88.6. The molecule has 24 heavy (non-hydrogen) atoms. The fourth-order valence-electron chi connectivity index (χ4n) is 1.59. The van der Waals surface area contributed by atoms with E-state index in [1.165, 1.54) is 7.11 Å². The van der Waals surface area contributed by atoms with Gasteiger partial charge in [0, 0.05) is 13.7 Å². The van der Waals surface area contributed by atoms with Crippen LogP contribution in [0.15, 0.2) is 4.90 Å². The molecule has 1 aromatic rings. The van der Waals surface area contributed by atoms with Gasteiger partial charge in [-0.2, -0.15) is 8.78 Å². The molecule has 1 aromatic carbocycles. The summed E-state index contributed by atoms with van der Waals surface area (Å²) in [6.07, 6.45) is 0. The largest absolute Gasteiger partial charge is 0.491 e. The maximum absolute atomic E-state index is 13.8. The van der Waals surface area contributed by atoms with Gasteiger partial charge in [0.05, 0.1) is 20.3 Å². The molecule has 0 fully saturated rings. The highest BCUT2D eigenvalue weighted by atomic mass is 32.2. The van der Waals surface area contributed by atoms with Crippen molar-refractivity contribution in [2.45, 2.75) is 4.90 Å². The van der Waals surface area contributed by atoms with Gasteiger partial charge in [0.2, 0.25) is 27.6 Å². The van der Waals surface area contributed by atoms with Gasteiger partial charge in [0.15, 0.2) is 22.3 Å². The molecule has 0 spiro atoms. The molecular formula is C12H14F4N2O5S. The maximum atomic E-state index is 13.8. The molecule has 1 rings (SSSR count). The molecule has 2 N–H and O–H groups in total. The van der Waals surface area contributed by atoms with Crippen LogP contribution < -0.4 is 14.8 Å². The highest BCUT2D eigenvalue weighted by Crippen LogP contribution is 2.31. The lowest BCUT2D eigenvalue weighted by Crippen LogP contribution is -2.38. The van der Waals surface area contributed by atoms with Gasteiger partial charge in [-0.15, -0.1) is 0 Å². The SMILES string of the molecule is COCCNC(=O)CNS(=O)(=O)c1c(F)c(F)c(OC)c(F)c1F. The third-order valence-electron chi connectivity index (χ3n) is 2.71. The molecule has 0 aromatic heterocycles. The molecule has 12 heteroatoms. The highest BCUT2D eigenvalue weighted by molar-refractivity contribution is 7.89. The van der Waals surface area contributed by atoms with Crippen LogP contribution in [0, 0.1) is 23.3 Å². The summed E-state index contributed by atoms with van der Waals surface area (Å²) in [5.41, 5.74) is 0. The van der Waals surface area contributed by atoms with Crippen molar-refractivity contribution in [3.8, 4) is 5.75 Å². The van der Waals surface area contributed by atoms with Gasteiger partial charge in [-0.1, -0.05) is 0 Å². The number of hydrogen-bond acceptors (Lipinski definition) is 5. The van der Waals surface area contributed by atoms with Crippen molar-refractivity contribution < 1.29 is 40.2 Å². The molecule has 0 bridgehead atoms. The first kappa shape index (κ1) is 20.1. The monoisotopic (exact) mass is 374 g/mol. The molecule has 7 nitrogen and oxygen atoms in total. The van der Waals surface area contributed by atoms with Crippen molar-refractivity contribution in [2.24, 2.45) is 0 Å². The summed E-state index contributed by atoms with van der Waals surface area (Å²) in [5, 5.41) is 2.23. The number of hydrogen-bond donors (Lipinski definition) is 2. The molecule has 0 aliphatic carbocycles. The first-order chi connectivity index (χ1) is 11.2. The van der Waals surface area contributed by atoms with E-state index in [1.807, 2.05) is 0 Å². The van der Waals surface area contributed by atoms with Gasteiger partial charge in [0.25, 0.3) is 0 Å². The predicted molar refractivity (Wildman–Crippen MR) is 72.9 cm³/mol. The molecule has 0 saturated heterocycles. The van der Waals surface area contributed by atoms with E-state index in [2.05, 4.69) is 14.8 Å². The Morgan fingerprint density at radius 1 is 1.04 bits per heavy atom. The Hall–Kier alpha value is -1.92. The number of methoxy groups -OCH3 is 2. The minimum absolute atomic E-state index is 0.0611. The lowest BCUT2D eigenvalue weighted by Gasteiger charge is -2.12. The summed E-state index contributed by atoms with van der Waals surface area (Å²) in [4.78, 5) is 9.46. The molecule has 0 atom stereocenters. The third kappa shape index (κ3) is 4.33. The minimum Gasteiger partial charge on any atom is -0.491 e. The second kappa shape index (κ2) is 8.26. The van der Waals surface area contributed by atoms with Crippen LogP contribution in [0.2, 0.25) is 0 Å². The molecule has 0 radical (unpaired) electrons. The number of halogens is 4. The zero-order chi connectivity index (χ0) is 18.5.